The number of halogens is 5. The topological polar surface area (TPSA) is 9.23 Å². The van der Waals surface area contributed by atoms with E-state index < -0.39 is 11.7 Å². The summed E-state index contributed by atoms with van der Waals surface area (Å²) >= 11 is 5.32. The van der Waals surface area contributed by atoms with Gasteiger partial charge in [-0.3, -0.25) is 0 Å². The van der Waals surface area contributed by atoms with Crippen LogP contribution < -0.4 is 4.74 Å². The molecular weight excluding hydrogens is 460 g/mol. The lowest BCUT2D eigenvalue weighted by molar-refractivity contribution is -0.139. The highest BCUT2D eigenvalue weighted by molar-refractivity contribution is 14.1. The Balaban J connectivity index is 2.21. The predicted octanol–water partition coefficient (Wildman–Crippen LogP) is 5.78. The third-order valence-corrected chi connectivity index (χ3v) is 4.18. The van der Waals surface area contributed by atoms with Gasteiger partial charge in [0.1, 0.15) is 12.4 Å². The molecule has 0 amide bonds. The van der Waals surface area contributed by atoms with Crippen molar-refractivity contribution in [3.63, 3.8) is 0 Å². The Morgan fingerprint density at radius 2 is 1.62 bits per heavy atom. The van der Waals surface area contributed by atoms with E-state index in [4.69, 9.17) is 4.74 Å². The Morgan fingerprint density at radius 3 is 2.19 bits per heavy atom. The molecule has 0 saturated carbocycles. The van der Waals surface area contributed by atoms with Gasteiger partial charge in [-0.05, 0) is 58.0 Å². The summed E-state index contributed by atoms with van der Waals surface area (Å²) in [6.07, 6.45) is -4.43. The monoisotopic (exact) mass is 470 g/mol. The van der Waals surface area contributed by atoms with Gasteiger partial charge in [0.2, 0.25) is 0 Å². The summed E-state index contributed by atoms with van der Waals surface area (Å²) in [5, 5.41) is 0.369. The molecule has 2 aromatic carbocycles. The molecule has 21 heavy (non-hydrogen) atoms. The summed E-state index contributed by atoms with van der Waals surface area (Å²) in [6, 6.07) is 11.5. The minimum Gasteiger partial charge on any atom is -0.488 e. The number of benzene rings is 2. The van der Waals surface area contributed by atoms with Crippen LogP contribution in [0.4, 0.5) is 13.2 Å². The lowest BCUT2D eigenvalue weighted by atomic mass is 10.1. The molecule has 6 heteroatoms. The molecule has 0 heterocycles. The molecule has 0 aliphatic rings. The molecule has 0 bridgehead atoms. The summed E-state index contributed by atoms with van der Waals surface area (Å²) in [5.41, 5.74) is 0.641. The Labute approximate surface area is 142 Å². The second-order valence-electron chi connectivity index (χ2n) is 4.38. The molecule has 0 aliphatic carbocycles. The number of hydrogen-bond donors (Lipinski definition) is 0. The molecule has 0 radical (unpaired) electrons. The van der Waals surface area contributed by atoms with Gasteiger partial charge < -0.3 is 4.74 Å². The summed E-state index contributed by atoms with van der Waals surface area (Å²) in [4.78, 5) is 0. The Morgan fingerprint density at radius 1 is 1.00 bits per heavy atom. The molecule has 0 fully saturated rings. The SMILES string of the molecule is FC(F)(F)c1cc(CBr)ccc1OCc1ccc(I)cc1. The second-order valence-corrected chi connectivity index (χ2v) is 6.18. The fourth-order valence-corrected chi connectivity index (χ4v) is 2.46. The van der Waals surface area contributed by atoms with E-state index in [1.807, 2.05) is 24.3 Å². The summed E-state index contributed by atoms with van der Waals surface area (Å²) in [6.45, 7) is 0.105. The standard InChI is InChI=1S/C15H11BrF3IO/c16-8-11-3-6-14(13(7-11)15(17,18)19)21-9-10-1-4-12(20)5-2-10/h1-7H,8-9H2. The van der Waals surface area contributed by atoms with Crippen molar-refractivity contribution in [1.29, 1.82) is 0 Å². The Bertz CT molecular complexity index is 611. The van der Waals surface area contributed by atoms with E-state index in [1.165, 1.54) is 6.07 Å². The fourth-order valence-electron chi connectivity index (χ4n) is 1.75. The van der Waals surface area contributed by atoms with Crippen molar-refractivity contribution in [2.24, 2.45) is 0 Å². The van der Waals surface area contributed by atoms with E-state index >= 15 is 0 Å². The normalized spacial score (nSPS) is 11.5. The first-order chi connectivity index (χ1) is 9.90. The van der Waals surface area contributed by atoms with E-state index in [2.05, 4.69) is 38.5 Å². The molecule has 0 unspecified atom stereocenters. The van der Waals surface area contributed by atoms with E-state index in [9.17, 15) is 13.2 Å². The molecule has 1 nitrogen and oxygen atoms in total. The highest BCUT2D eigenvalue weighted by Gasteiger charge is 2.34. The molecule has 0 spiro atoms. The zero-order valence-electron chi connectivity index (χ0n) is 10.8. The van der Waals surface area contributed by atoms with Crippen molar-refractivity contribution >= 4 is 38.5 Å². The van der Waals surface area contributed by atoms with E-state index in [0.29, 0.717) is 10.9 Å². The van der Waals surface area contributed by atoms with Gasteiger partial charge in [0, 0.05) is 8.90 Å². The van der Waals surface area contributed by atoms with Crippen LogP contribution in [0.25, 0.3) is 0 Å². The lowest BCUT2D eigenvalue weighted by Crippen LogP contribution is -2.09. The number of alkyl halides is 4. The Hall–Kier alpha value is -0.760. The van der Waals surface area contributed by atoms with E-state index in [0.717, 1.165) is 15.2 Å². The van der Waals surface area contributed by atoms with Crippen LogP contribution >= 0.6 is 38.5 Å². The van der Waals surface area contributed by atoms with Gasteiger partial charge >= 0.3 is 6.18 Å². The maximum Gasteiger partial charge on any atom is 0.419 e. The zero-order chi connectivity index (χ0) is 15.5. The highest BCUT2D eigenvalue weighted by Crippen LogP contribution is 2.37. The first kappa shape index (κ1) is 16.6. The molecule has 0 N–H and O–H groups in total. The number of rotatable bonds is 4. The third-order valence-electron chi connectivity index (χ3n) is 2.81. The van der Waals surface area contributed by atoms with Crippen LogP contribution in [0.15, 0.2) is 42.5 Å². The van der Waals surface area contributed by atoms with Gasteiger partial charge in [-0.2, -0.15) is 13.2 Å². The van der Waals surface area contributed by atoms with Crippen molar-refractivity contribution < 1.29 is 17.9 Å². The fraction of sp³-hybridized carbons (Fsp3) is 0.200. The van der Waals surface area contributed by atoms with Crippen LogP contribution in [-0.2, 0) is 18.1 Å². The first-order valence-corrected chi connectivity index (χ1v) is 8.23. The molecule has 2 rings (SSSR count). The smallest absolute Gasteiger partial charge is 0.419 e. The third kappa shape index (κ3) is 4.60. The average Bonchev–Trinajstić information content (AvgIpc) is 2.45. The van der Waals surface area contributed by atoms with Crippen LogP contribution in [0.1, 0.15) is 16.7 Å². The van der Waals surface area contributed by atoms with Crippen LogP contribution in [0.5, 0.6) is 5.75 Å². The van der Waals surface area contributed by atoms with Crippen molar-refractivity contribution in [2.75, 3.05) is 0 Å². The van der Waals surface area contributed by atoms with Crippen LogP contribution in [0, 0.1) is 3.57 Å². The maximum absolute atomic E-state index is 13.0. The summed E-state index contributed by atoms with van der Waals surface area (Å²) in [7, 11) is 0. The van der Waals surface area contributed by atoms with Crippen molar-refractivity contribution in [3.8, 4) is 5.75 Å². The minimum atomic E-state index is -4.43. The Kier molecular flexibility index (Phi) is 5.54. The van der Waals surface area contributed by atoms with Gasteiger partial charge in [-0.25, -0.2) is 0 Å². The molecule has 2 aromatic rings. The molecule has 112 valence electrons. The van der Waals surface area contributed by atoms with Crippen LogP contribution in [-0.4, -0.2) is 0 Å². The van der Waals surface area contributed by atoms with Crippen LogP contribution in [0.3, 0.4) is 0 Å². The minimum absolute atomic E-state index is 0.105. The van der Waals surface area contributed by atoms with Gasteiger partial charge in [0.15, 0.2) is 0 Å². The number of hydrogen-bond acceptors (Lipinski definition) is 1. The second kappa shape index (κ2) is 7.00. The van der Waals surface area contributed by atoms with Crippen molar-refractivity contribution in [1.82, 2.24) is 0 Å². The lowest BCUT2D eigenvalue weighted by Gasteiger charge is -2.15. The van der Waals surface area contributed by atoms with Crippen molar-refractivity contribution in [3.05, 3.63) is 62.7 Å². The molecule has 0 saturated heterocycles. The van der Waals surface area contributed by atoms with Gasteiger partial charge in [-0.15, -0.1) is 0 Å². The molecule has 0 aromatic heterocycles. The highest BCUT2D eigenvalue weighted by atomic mass is 127. The number of ether oxygens (including phenoxy) is 1. The average molecular weight is 471 g/mol. The summed E-state index contributed by atoms with van der Waals surface area (Å²) in [5.74, 6) is -0.147. The largest absolute Gasteiger partial charge is 0.488 e. The quantitative estimate of drug-likeness (QED) is 0.406. The van der Waals surface area contributed by atoms with Gasteiger partial charge in [0.05, 0.1) is 5.56 Å². The van der Waals surface area contributed by atoms with Crippen LogP contribution in [0.2, 0.25) is 0 Å². The zero-order valence-corrected chi connectivity index (χ0v) is 14.5. The summed E-state index contributed by atoms with van der Waals surface area (Å²) < 4.78 is 45.6. The molecule has 0 aliphatic heterocycles. The molecular formula is C15H11BrF3IO. The first-order valence-electron chi connectivity index (χ1n) is 6.03. The predicted molar refractivity (Wildman–Crippen MR) is 87.6 cm³/mol. The molecule has 0 atom stereocenters. The maximum atomic E-state index is 13.0. The van der Waals surface area contributed by atoms with Crippen molar-refractivity contribution in [2.45, 2.75) is 18.1 Å². The van der Waals surface area contributed by atoms with Gasteiger partial charge in [-0.1, -0.05) is 34.1 Å². The van der Waals surface area contributed by atoms with Gasteiger partial charge in [0.25, 0.3) is 0 Å². The van der Waals surface area contributed by atoms with E-state index in [-0.39, 0.29) is 12.4 Å². The van der Waals surface area contributed by atoms with E-state index in [1.54, 1.807) is 6.07 Å².